The summed E-state index contributed by atoms with van der Waals surface area (Å²) in [6.45, 7) is 2.63. The molecule has 1 rings (SSSR count). The third-order valence-electron chi connectivity index (χ3n) is 1.68. The van der Waals surface area contributed by atoms with Crippen LogP contribution in [0.3, 0.4) is 0 Å². The van der Waals surface area contributed by atoms with Crippen molar-refractivity contribution < 1.29 is 9.90 Å². The molecule has 1 N–H and O–H groups in total. The van der Waals surface area contributed by atoms with Gasteiger partial charge in [0, 0.05) is 12.6 Å². The van der Waals surface area contributed by atoms with E-state index < -0.39 is 0 Å². The molecule has 1 radical (unpaired) electrons. The van der Waals surface area contributed by atoms with E-state index in [9.17, 15) is 9.90 Å². The van der Waals surface area contributed by atoms with Gasteiger partial charge in [-0.15, -0.1) is 5.10 Å². The predicted molar refractivity (Wildman–Crippen MR) is 49.4 cm³/mol. The quantitative estimate of drug-likeness (QED) is 0.730. The van der Waals surface area contributed by atoms with Gasteiger partial charge in [0.15, 0.2) is 5.69 Å². The number of carbonyl (C=O) groups excluding carboxylic acids is 1. The molecule has 1 aromatic heterocycles. The molecule has 0 saturated heterocycles. The second-order valence-electron chi connectivity index (χ2n) is 2.89. The molecular weight excluding hydrogens is 182 g/mol. The van der Waals surface area contributed by atoms with Crippen molar-refractivity contribution in [1.82, 2.24) is 15.5 Å². The fourth-order valence-electron chi connectivity index (χ4n) is 0.929. The van der Waals surface area contributed by atoms with Crippen molar-refractivity contribution >= 4 is 5.91 Å². The molecule has 0 aromatic carbocycles. The van der Waals surface area contributed by atoms with Gasteiger partial charge in [-0.05, 0) is 6.42 Å². The Morgan fingerprint density at radius 2 is 2.36 bits per heavy atom. The molecule has 1 amide bonds. The fourth-order valence-corrected chi connectivity index (χ4v) is 0.929. The number of rotatable bonds is 4. The topological polar surface area (TPSA) is 74.8 Å². The molecule has 0 fully saturated rings. The van der Waals surface area contributed by atoms with Crippen molar-refractivity contribution in [3.05, 3.63) is 18.0 Å². The van der Waals surface area contributed by atoms with Crippen molar-refractivity contribution in [2.24, 2.45) is 0 Å². The summed E-state index contributed by atoms with van der Waals surface area (Å²) in [6.07, 6.45) is 2.99. The molecule has 0 unspecified atom stereocenters. The second-order valence-corrected chi connectivity index (χ2v) is 2.89. The lowest BCUT2D eigenvalue weighted by Crippen LogP contribution is -2.25. The number of amides is 1. The van der Waals surface area contributed by atoms with Crippen molar-refractivity contribution in [3.63, 3.8) is 0 Å². The summed E-state index contributed by atoms with van der Waals surface area (Å²) >= 11 is 0. The monoisotopic (exact) mass is 194 g/mol. The lowest BCUT2D eigenvalue weighted by atomic mass is 10.3. The Labute approximate surface area is 82.2 Å². The average Bonchev–Trinajstić information content (AvgIpc) is 2.18. The summed E-state index contributed by atoms with van der Waals surface area (Å²) < 4.78 is 0. The second kappa shape index (κ2) is 5.16. The smallest absolute Gasteiger partial charge is 0.271 e. The first-order valence-electron chi connectivity index (χ1n) is 4.52. The van der Waals surface area contributed by atoms with E-state index in [0.29, 0.717) is 6.54 Å². The summed E-state index contributed by atoms with van der Waals surface area (Å²) in [5, 5.41) is 20.5. The molecule has 5 heteroatoms. The third-order valence-corrected chi connectivity index (χ3v) is 1.68. The Bertz CT molecular complexity index is 315. The van der Waals surface area contributed by atoms with E-state index in [2.05, 4.69) is 15.5 Å². The summed E-state index contributed by atoms with van der Waals surface area (Å²) in [4.78, 5) is 11.3. The molecule has 0 atom stereocenters. The highest BCUT2D eigenvalue weighted by atomic mass is 16.3. The number of aromatic nitrogens is 2. The highest BCUT2D eigenvalue weighted by Gasteiger charge is 2.07. The standard InChI is InChI=1S/C9H12N3O2/c1-2-3-4-10-9(14)8-5-7(13)6-11-12-8/h5-6H,2-4H2,1H3,(H,10,14). The SMILES string of the molecule is CCCCNC(=O)c1cc([O])cnn1. The van der Waals surface area contributed by atoms with Crippen molar-refractivity contribution in [1.29, 1.82) is 0 Å². The molecule has 5 nitrogen and oxygen atoms in total. The highest BCUT2D eigenvalue weighted by Crippen LogP contribution is 2.06. The molecular formula is C9H12N3O2. The molecule has 0 spiro atoms. The minimum Gasteiger partial charge on any atom is -0.351 e. The van der Waals surface area contributed by atoms with E-state index in [1.807, 2.05) is 6.92 Å². The van der Waals surface area contributed by atoms with E-state index >= 15 is 0 Å². The molecule has 0 bridgehead atoms. The van der Waals surface area contributed by atoms with Crippen molar-refractivity contribution in [3.8, 4) is 5.75 Å². The first-order valence-corrected chi connectivity index (χ1v) is 4.52. The zero-order chi connectivity index (χ0) is 10.4. The summed E-state index contributed by atoms with van der Waals surface area (Å²) in [5.41, 5.74) is 0.0774. The van der Waals surface area contributed by atoms with Gasteiger partial charge in [0.05, 0.1) is 6.20 Å². The number of nitrogens with zero attached hydrogens (tertiary/aromatic N) is 2. The van der Waals surface area contributed by atoms with Gasteiger partial charge < -0.3 is 5.32 Å². The predicted octanol–water partition coefficient (Wildman–Crippen LogP) is 1.15. The minimum absolute atomic E-state index is 0.0774. The molecule has 0 aliphatic carbocycles. The van der Waals surface area contributed by atoms with Crippen LogP contribution >= 0.6 is 0 Å². The number of nitrogens with one attached hydrogen (secondary N) is 1. The minimum atomic E-state index is -0.344. The Kier molecular flexibility index (Phi) is 3.84. The lowest BCUT2D eigenvalue weighted by molar-refractivity contribution is 0.0946. The molecule has 1 aromatic rings. The van der Waals surface area contributed by atoms with E-state index in [1.54, 1.807) is 0 Å². The molecule has 14 heavy (non-hydrogen) atoms. The average molecular weight is 194 g/mol. The van der Waals surface area contributed by atoms with Gasteiger partial charge in [-0.3, -0.25) is 9.90 Å². The van der Waals surface area contributed by atoms with Gasteiger partial charge in [-0.1, -0.05) is 13.3 Å². The summed E-state index contributed by atoms with van der Waals surface area (Å²) in [7, 11) is 0. The maximum absolute atomic E-state index is 11.3. The first kappa shape index (κ1) is 10.4. The van der Waals surface area contributed by atoms with Gasteiger partial charge in [-0.25, -0.2) is 0 Å². The Morgan fingerprint density at radius 1 is 1.57 bits per heavy atom. The lowest BCUT2D eigenvalue weighted by Gasteiger charge is -2.01. The van der Waals surface area contributed by atoms with E-state index in [-0.39, 0.29) is 17.4 Å². The van der Waals surface area contributed by atoms with Crippen LogP contribution in [0.5, 0.6) is 5.75 Å². The first-order chi connectivity index (χ1) is 6.74. The van der Waals surface area contributed by atoms with Crippen LogP contribution in [0, 0.1) is 0 Å². The molecule has 0 saturated carbocycles. The number of hydrogen-bond acceptors (Lipinski definition) is 3. The molecule has 75 valence electrons. The van der Waals surface area contributed by atoms with Crippen LogP contribution in [-0.4, -0.2) is 22.6 Å². The van der Waals surface area contributed by atoms with Crippen LogP contribution in [0.15, 0.2) is 12.3 Å². The normalized spacial score (nSPS) is 9.79. The fraction of sp³-hybridized carbons (Fsp3) is 0.444. The number of hydrogen-bond donors (Lipinski definition) is 1. The van der Waals surface area contributed by atoms with Crippen LogP contribution in [0.4, 0.5) is 0 Å². The zero-order valence-corrected chi connectivity index (χ0v) is 7.99. The van der Waals surface area contributed by atoms with Crippen LogP contribution < -0.4 is 5.32 Å². The highest BCUT2D eigenvalue weighted by molar-refractivity contribution is 5.92. The summed E-state index contributed by atoms with van der Waals surface area (Å²) in [5.74, 6) is -0.649. The van der Waals surface area contributed by atoms with Gasteiger partial charge in [-0.2, -0.15) is 5.10 Å². The third kappa shape index (κ3) is 3.01. The van der Waals surface area contributed by atoms with E-state index in [1.165, 1.54) is 6.07 Å². The van der Waals surface area contributed by atoms with Gasteiger partial charge in [0.2, 0.25) is 5.75 Å². The summed E-state index contributed by atoms with van der Waals surface area (Å²) in [6, 6.07) is 1.17. The number of unbranched alkanes of at least 4 members (excludes halogenated alkanes) is 1. The Balaban J connectivity index is 2.52. The Hall–Kier alpha value is -1.65. The van der Waals surface area contributed by atoms with Crippen LogP contribution in [0.1, 0.15) is 30.3 Å². The van der Waals surface area contributed by atoms with E-state index in [0.717, 1.165) is 19.0 Å². The Morgan fingerprint density at radius 3 is 3.00 bits per heavy atom. The largest absolute Gasteiger partial charge is 0.351 e. The zero-order valence-electron chi connectivity index (χ0n) is 7.99. The molecule has 1 heterocycles. The van der Waals surface area contributed by atoms with Gasteiger partial charge >= 0.3 is 0 Å². The van der Waals surface area contributed by atoms with Gasteiger partial charge in [0.1, 0.15) is 0 Å². The van der Waals surface area contributed by atoms with Crippen LogP contribution in [0.25, 0.3) is 0 Å². The maximum atomic E-state index is 11.3. The molecule has 0 aliphatic rings. The van der Waals surface area contributed by atoms with Crippen molar-refractivity contribution in [2.45, 2.75) is 19.8 Å². The van der Waals surface area contributed by atoms with Crippen LogP contribution in [-0.2, 0) is 5.11 Å². The van der Waals surface area contributed by atoms with Gasteiger partial charge in [0.25, 0.3) is 5.91 Å². The van der Waals surface area contributed by atoms with Crippen molar-refractivity contribution in [2.75, 3.05) is 6.54 Å². The van der Waals surface area contributed by atoms with Crippen LogP contribution in [0.2, 0.25) is 0 Å². The maximum Gasteiger partial charge on any atom is 0.271 e. The molecule has 0 aliphatic heterocycles. The number of carbonyl (C=O) groups is 1. The van der Waals surface area contributed by atoms with E-state index in [4.69, 9.17) is 0 Å².